The number of ketones is 1. The second-order valence-corrected chi connectivity index (χ2v) is 7.45. The van der Waals surface area contributed by atoms with Gasteiger partial charge in [0.25, 0.3) is 0 Å². The van der Waals surface area contributed by atoms with E-state index in [1.54, 1.807) is 0 Å². The molecule has 0 radical (unpaired) electrons. The van der Waals surface area contributed by atoms with E-state index < -0.39 is 5.79 Å². The topological polar surface area (TPSA) is 35.5 Å². The minimum atomic E-state index is -0.411. The molecule has 2 aliphatic rings. The highest BCUT2D eigenvalue weighted by Gasteiger charge is 2.45. The summed E-state index contributed by atoms with van der Waals surface area (Å²) in [6.45, 7) is 0.571. The van der Waals surface area contributed by atoms with Gasteiger partial charge in [0, 0.05) is 30.7 Å². The van der Waals surface area contributed by atoms with Gasteiger partial charge in [0.2, 0.25) is 0 Å². The first-order valence-electron chi connectivity index (χ1n) is 9.71. The van der Waals surface area contributed by atoms with Gasteiger partial charge in [0.15, 0.2) is 11.6 Å². The molecule has 2 fully saturated rings. The maximum atomic E-state index is 12.9. The predicted octanol–water partition coefficient (Wildman–Crippen LogP) is 5.12. The molecule has 1 saturated carbocycles. The van der Waals surface area contributed by atoms with Gasteiger partial charge in [0.05, 0.1) is 12.7 Å². The number of ether oxygens (including phenoxy) is 2. The first kappa shape index (κ1) is 17.4. The molecule has 136 valence electrons. The van der Waals surface area contributed by atoms with Crippen LogP contribution >= 0.6 is 0 Å². The Balaban J connectivity index is 1.55. The van der Waals surface area contributed by atoms with E-state index in [0.29, 0.717) is 13.0 Å². The molecule has 1 aliphatic carbocycles. The largest absolute Gasteiger partial charge is 0.347 e. The van der Waals surface area contributed by atoms with Gasteiger partial charge in [-0.25, -0.2) is 0 Å². The molecule has 0 amide bonds. The lowest BCUT2D eigenvalue weighted by atomic mass is 9.87. The van der Waals surface area contributed by atoms with Gasteiger partial charge >= 0.3 is 0 Å². The molecular weight excluding hydrogens is 324 g/mol. The van der Waals surface area contributed by atoms with Crippen LogP contribution in [0.1, 0.15) is 60.4 Å². The third-order valence-electron chi connectivity index (χ3n) is 5.67. The minimum Gasteiger partial charge on any atom is -0.347 e. The fraction of sp³-hybridized carbons (Fsp3) is 0.435. The summed E-state index contributed by atoms with van der Waals surface area (Å²) in [5, 5.41) is 0. The Morgan fingerprint density at radius 1 is 0.962 bits per heavy atom. The summed E-state index contributed by atoms with van der Waals surface area (Å²) >= 11 is 0. The lowest BCUT2D eigenvalue weighted by molar-refractivity contribution is -0.188. The van der Waals surface area contributed by atoms with E-state index in [0.717, 1.165) is 36.8 Å². The quantitative estimate of drug-likeness (QED) is 0.702. The Morgan fingerprint density at radius 2 is 1.62 bits per heavy atom. The molecular formula is C23H26O3. The van der Waals surface area contributed by atoms with Gasteiger partial charge in [-0.05, 0) is 18.4 Å². The second-order valence-electron chi connectivity index (χ2n) is 7.45. The minimum absolute atomic E-state index is 0.0187. The smallest absolute Gasteiger partial charge is 0.168 e. The SMILES string of the molecule is O=C(C[C@@H](c1ccccc1)[C@@H]1COC2(CCCCC2)O1)c1ccccc1. The van der Waals surface area contributed by atoms with E-state index >= 15 is 0 Å². The standard InChI is InChI=1S/C23H26O3/c24-21(19-12-6-2-7-13-19)16-20(18-10-4-1-5-11-18)22-17-25-23(26-22)14-8-3-9-15-23/h1-2,4-7,10-13,20,22H,3,8-9,14-17H2/t20-,22-/m0/s1. The Morgan fingerprint density at radius 3 is 2.31 bits per heavy atom. The molecule has 0 aromatic heterocycles. The molecule has 2 atom stereocenters. The predicted molar refractivity (Wildman–Crippen MR) is 101 cm³/mol. The molecule has 1 heterocycles. The second kappa shape index (κ2) is 7.73. The van der Waals surface area contributed by atoms with Crippen LogP contribution in [0, 0.1) is 0 Å². The maximum Gasteiger partial charge on any atom is 0.168 e. The molecule has 26 heavy (non-hydrogen) atoms. The number of hydrogen-bond acceptors (Lipinski definition) is 3. The molecule has 0 bridgehead atoms. The summed E-state index contributed by atoms with van der Waals surface area (Å²) in [5.41, 5.74) is 1.91. The van der Waals surface area contributed by atoms with Gasteiger partial charge < -0.3 is 9.47 Å². The number of carbonyl (C=O) groups is 1. The van der Waals surface area contributed by atoms with Gasteiger partial charge in [-0.15, -0.1) is 0 Å². The van der Waals surface area contributed by atoms with Crippen molar-refractivity contribution in [1.29, 1.82) is 0 Å². The Labute approximate surface area is 155 Å². The van der Waals surface area contributed by atoms with Crippen LogP contribution < -0.4 is 0 Å². The summed E-state index contributed by atoms with van der Waals surface area (Å²) in [6, 6.07) is 19.8. The van der Waals surface area contributed by atoms with Gasteiger partial charge in [-0.1, -0.05) is 67.1 Å². The van der Waals surface area contributed by atoms with Crippen molar-refractivity contribution >= 4 is 5.78 Å². The highest BCUT2D eigenvalue weighted by Crippen LogP contribution is 2.42. The van der Waals surface area contributed by atoms with Crippen molar-refractivity contribution in [2.75, 3.05) is 6.61 Å². The van der Waals surface area contributed by atoms with Crippen molar-refractivity contribution in [2.24, 2.45) is 0 Å². The number of benzene rings is 2. The number of hydrogen-bond donors (Lipinski definition) is 0. The highest BCUT2D eigenvalue weighted by atomic mass is 16.7. The average Bonchev–Trinajstić information content (AvgIpc) is 3.10. The number of carbonyl (C=O) groups excluding carboxylic acids is 1. The number of Topliss-reactive ketones (excluding diaryl/α,β-unsaturated/α-hetero) is 1. The first-order valence-corrected chi connectivity index (χ1v) is 9.71. The third-order valence-corrected chi connectivity index (χ3v) is 5.67. The molecule has 1 aliphatic heterocycles. The number of rotatable bonds is 5. The highest BCUT2D eigenvalue weighted by molar-refractivity contribution is 5.96. The summed E-state index contributed by atoms with van der Waals surface area (Å²) in [6.07, 6.45) is 5.89. The fourth-order valence-electron chi connectivity index (χ4n) is 4.23. The lowest BCUT2D eigenvalue weighted by Crippen LogP contribution is -2.34. The molecule has 3 heteroatoms. The zero-order valence-electron chi connectivity index (χ0n) is 15.1. The molecule has 1 spiro atoms. The van der Waals surface area contributed by atoms with Crippen LogP contribution in [-0.4, -0.2) is 24.3 Å². The zero-order chi connectivity index (χ0) is 17.8. The molecule has 0 unspecified atom stereocenters. The van der Waals surface area contributed by atoms with Crippen LogP contribution in [0.3, 0.4) is 0 Å². The molecule has 1 saturated heterocycles. The van der Waals surface area contributed by atoms with Gasteiger partial charge in [-0.3, -0.25) is 4.79 Å². The molecule has 0 N–H and O–H groups in total. The molecule has 3 nitrogen and oxygen atoms in total. The Bertz CT molecular complexity index is 720. The first-order chi connectivity index (χ1) is 12.8. The van der Waals surface area contributed by atoms with Crippen LogP contribution in [0.15, 0.2) is 60.7 Å². The van der Waals surface area contributed by atoms with Crippen molar-refractivity contribution in [3.05, 3.63) is 71.8 Å². The van der Waals surface area contributed by atoms with Crippen LogP contribution in [0.2, 0.25) is 0 Å². The Hall–Kier alpha value is -1.97. The van der Waals surface area contributed by atoms with E-state index in [1.165, 1.54) is 6.42 Å². The monoisotopic (exact) mass is 350 g/mol. The van der Waals surface area contributed by atoms with Crippen molar-refractivity contribution in [2.45, 2.75) is 56.3 Å². The molecule has 2 aromatic carbocycles. The third kappa shape index (κ3) is 3.74. The van der Waals surface area contributed by atoms with Crippen molar-refractivity contribution < 1.29 is 14.3 Å². The van der Waals surface area contributed by atoms with Crippen LogP contribution in [0.4, 0.5) is 0 Å². The van der Waals surface area contributed by atoms with Crippen molar-refractivity contribution in [3.8, 4) is 0 Å². The van der Waals surface area contributed by atoms with Crippen molar-refractivity contribution in [3.63, 3.8) is 0 Å². The fourth-order valence-corrected chi connectivity index (χ4v) is 4.23. The average molecular weight is 350 g/mol. The summed E-state index contributed by atoms with van der Waals surface area (Å²) in [5.74, 6) is -0.232. The van der Waals surface area contributed by atoms with Gasteiger partial charge in [-0.2, -0.15) is 0 Å². The van der Waals surface area contributed by atoms with E-state index in [2.05, 4.69) is 12.1 Å². The van der Waals surface area contributed by atoms with Gasteiger partial charge in [0.1, 0.15) is 0 Å². The Kier molecular flexibility index (Phi) is 5.18. The normalized spacial score (nSPS) is 23.0. The molecule has 4 rings (SSSR count). The summed E-state index contributed by atoms with van der Waals surface area (Å²) in [4.78, 5) is 12.9. The zero-order valence-corrected chi connectivity index (χ0v) is 15.1. The van der Waals surface area contributed by atoms with E-state index in [4.69, 9.17) is 9.47 Å². The van der Waals surface area contributed by atoms with Crippen LogP contribution in [-0.2, 0) is 9.47 Å². The molecule has 2 aromatic rings. The van der Waals surface area contributed by atoms with E-state index in [-0.39, 0.29) is 17.8 Å². The summed E-state index contributed by atoms with van der Waals surface area (Å²) in [7, 11) is 0. The van der Waals surface area contributed by atoms with Crippen molar-refractivity contribution in [1.82, 2.24) is 0 Å². The van der Waals surface area contributed by atoms with Crippen LogP contribution in [0.25, 0.3) is 0 Å². The summed E-state index contributed by atoms with van der Waals surface area (Å²) < 4.78 is 12.6. The lowest BCUT2D eigenvalue weighted by Gasteiger charge is -2.33. The van der Waals surface area contributed by atoms with E-state index in [1.807, 2.05) is 48.5 Å². The maximum absolute atomic E-state index is 12.9. The van der Waals surface area contributed by atoms with E-state index in [9.17, 15) is 4.79 Å². The van der Waals surface area contributed by atoms with Crippen LogP contribution in [0.5, 0.6) is 0 Å².